The number of benzene rings is 1. The van der Waals surface area contributed by atoms with Gasteiger partial charge in [-0.2, -0.15) is 13.2 Å². The van der Waals surface area contributed by atoms with Gasteiger partial charge in [0.2, 0.25) is 0 Å². The minimum atomic E-state index is -4.41. The van der Waals surface area contributed by atoms with Gasteiger partial charge in [-0.25, -0.2) is 0 Å². The Hall–Kier alpha value is -1.59. The lowest BCUT2D eigenvalue weighted by molar-refractivity contribution is -0.138. The van der Waals surface area contributed by atoms with E-state index in [0.717, 1.165) is 0 Å². The van der Waals surface area contributed by atoms with Crippen LogP contribution in [0.25, 0.3) is 0 Å². The maximum absolute atomic E-state index is 13.0. The molecule has 0 amide bonds. The van der Waals surface area contributed by atoms with Gasteiger partial charge in [0.1, 0.15) is 12.4 Å². The summed E-state index contributed by atoms with van der Waals surface area (Å²) >= 11 is 0. The zero-order valence-corrected chi connectivity index (χ0v) is 9.29. The smallest absolute Gasteiger partial charge is 0.485 e. The molecule has 1 atom stereocenters. The van der Waals surface area contributed by atoms with E-state index in [9.17, 15) is 13.2 Å². The number of ether oxygens (including phenoxy) is 1. The Morgan fingerprint density at radius 3 is 2.76 bits per heavy atom. The molecule has 0 aliphatic carbocycles. The molecule has 2 rings (SSSR count). The van der Waals surface area contributed by atoms with E-state index in [-0.39, 0.29) is 18.0 Å². The van der Waals surface area contributed by atoms with E-state index in [0.29, 0.717) is 17.0 Å². The van der Waals surface area contributed by atoms with Crippen molar-refractivity contribution in [2.24, 2.45) is 0 Å². The van der Waals surface area contributed by atoms with Crippen LogP contribution in [-0.4, -0.2) is 18.9 Å². The second kappa shape index (κ2) is 4.01. The second-order valence-corrected chi connectivity index (χ2v) is 3.94. The molecule has 0 radical (unpaired) electrons. The molecule has 0 fully saturated rings. The Labute approximate surface area is 97.0 Å². The Morgan fingerprint density at radius 1 is 1.47 bits per heavy atom. The molecule has 1 aliphatic heterocycles. The number of rotatable bonds is 1. The first-order chi connectivity index (χ1) is 7.93. The first kappa shape index (κ1) is 11.9. The normalized spacial score (nSPS) is 19.8. The number of anilines is 2. The molecule has 1 aliphatic rings. The van der Waals surface area contributed by atoms with Gasteiger partial charge in [-0.05, 0) is 18.6 Å². The molecule has 94 valence electrons. The van der Waals surface area contributed by atoms with Crippen LogP contribution in [0.4, 0.5) is 24.5 Å². The van der Waals surface area contributed by atoms with Gasteiger partial charge >= 0.3 is 6.30 Å². The van der Waals surface area contributed by atoms with Crippen molar-refractivity contribution in [2.45, 2.75) is 25.7 Å². The minimum absolute atomic E-state index is 0.0203. The van der Waals surface area contributed by atoms with E-state index in [1.54, 1.807) is 6.92 Å². The highest BCUT2D eigenvalue weighted by atomic mass is 19.4. The Kier molecular flexibility index (Phi) is 2.81. The van der Waals surface area contributed by atoms with Gasteiger partial charge < -0.3 is 10.5 Å². The number of nitrogens with two attached hydrogens (primary N) is 1. The molecule has 2 N–H and O–H groups in total. The van der Waals surface area contributed by atoms with Crippen molar-refractivity contribution in [1.82, 2.24) is 0 Å². The largest absolute Gasteiger partial charge is 0.489 e. The highest BCUT2D eigenvalue weighted by Gasteiger charge is 2.45. The molecule has 17 heavy (non-hydrogen) atoms. The van der Waals surface area contributed by atoms with Gasteiger partial charge in [0, 0.05) is 11.8 Å². The highest BCUT2D eigenvalue weighted by molar-refractivity contribution is 5.66. The van der Waals surface area contributed by atoms with Crippen molar-refractivity contribution in [3.8, 4) is 5.75 Å². The number of fused-ring (bicyclic) bond motifs is 1. The molecule has 0 saturated heterocycles. The Bertz CT molecular complexity index is 420. The number of nitrogen functional groups attached to an aromatic ring is 1. The van der Waals surface area contributed by atoms with Crippen LogP contribution < -0.4 is 15.4 Å². The van der Waals surface area contributed by atoms with E-state index >= 15 is 0 Å². The predicted octanol–water partition coefficient (Wildman–Crippen LogP) is 2.77. The van der Waals surface area contributed by atoms with Crippen molar-refractivity contribution in [3.63, 3.8) is 0 Å². The summed E-state index contributed by atoms with van der Waals surface area (Å²) in [5, 5.41) is 0. The lowest BCUT2D eigenvalue weighted by Gasteiger charge is -2.39. The fourth-order valence-corrected chi connectivity index (χ4v) is 1.95. The number of hydrogen-bond acceptors (Lipinski definition) is 3. The van der Waals surface area contributed by atoms with Gasteiger partial charge in [-0.1, -0.05) is 6.92 Å². The topological polar surface area (TPSA) is 38.5 Å². The maximum atomic E-state index is 13.0. The van der Waals surface area contributed by atoms with E-state index < -0.39 is 12.3 Å². The molecule has 1 heterocycles. The predicted molar refractivity (Wildman–Crippen MR) is 59.0 cm³/mol. The van der Waals surface area contributed by atoms with Crippen LogP contribution in [0.3, 0.4) is 0 Å². The fraction of sp³-hybridized carbons (Fsp3) is 0.455. The van der Waals surface area contributed by atoms with E-state index in [1.807, 2.05) is 0 Å². The van der Waals surface area contributed by atoms with Crippen LogP contribution in [0, 0.1) is 0 Å². The second-order valence-electron chi connectivity index (χ2n) is 3.94. The highest BCUT2D eigenvalue weighted by Crippen LogP contribution is 2.41. The van der Waals surface area contributed by atoms with Gasteiger partial charge in [-0.15, -0.1) is 0 Å². The van der Waals surface area contributed by atoms with Crippen LogP contribution in [0.5, 0.6) is 5.75 Å². The summed E-state index contributed by atoms with van der Waals surface area (Å²) in [5.41, 5.74) is 5.95. The maximum Gasteiger partial charge on any atom is 0.485 e. The summed E-state index contributed by atoms with van der Waals surface area (Å²) in [5.74, 6) is 0.187. The number of alkyl halides is 3. The van der Waals surface area contributed by atoms with E-state index in [4.69, 9.17) is 10.5 Å². The van der Waals surface area contributed by atoms with Crippen molar-refractivity contribution in [2.75, 3.05) is 17.2 Å². The van der Waals surface area contributed by atoms with Crippen LogP contribution in [0.1, 0.15) is 13.3 Å². The lowest BCUT2D eigenvalue weighted by atomic mass is 10.1. The monoisotopic (exact) mass is 246 g/mol. The van der Waals surface area contributed by atoms with Gasteiger partial charge in [0.15, 0.2) is 0 Å². The SMILES string of the molecule is CCC1COc2cc(N)ccc2N1C(F)(F)F. The molecule has 1 aromatic carbocycles. The molecule has 0 bridgehead atoms. The van der Waals surface area contributed by atoms with Crippen LogP contribution in [0.15, 0.2) is 18.2 Å². The lowest BCUT2D eigenvalue weighted by Crippen LogP contribution is -2.50. The number of hydrogen-bond donors (Lipinski definition) is 1. The third-order valence-corrected chi connectivity index (χ3v) is 2.78. The van der Waals surface area contributed by atoms with E-state index in [2.05, 4.69) is 0 Å². The average Bonchev–Trinajstić information content (AvgIpc) is 2.25. The average molecular weight is 246 g/mol. The van der Waals surface area contributed by atoms with Crippen molar-refractivity contribution in [3.05, 3.63) is 18.2 Å². The number of nitrogens with zero attached hydrogens (tertiary/aromatic N) is 1. The first-order valence-corrected chi connectivity index (χ1v) is 5.32. The molecule has 0 saturated carbocycles. The molecular formula is C11H13F3N2O. The first-order valence-electron chi connectivity index (χ1n) is 5.32. The summed E-state index contributed by atoms with van der Waals surface area (Å²) in [6, 6.07) is 3.52. The van der Waals surface area contributed by atoms with Gasteiger partial charge in [0.25, 0.3) is 0 Å². The van der Waals surface area contributed by atoms with Crippen LogP contribution in [0.2, 0.25) is 0 Å². The van der Waals surface area contributed by atoms with Crippen LogP contribution >= 0.6 is 0 Å². The molecule has 0 aromatic heterocycles. The van der Waals surface area contributed by atoms with Gasteiger partial charge in [-0.3, -0.25) is 4.90 Å². The third-order valence-electron chi connectivity index (χ3n) is 2.78. The molecule has 3 nitrogen and oxygen atoms in total. The van der Waals surface area contributed by atoms with Crippen LogP contribution in [-0.2, 0) is 0 Å². The van der Waals surface area contributed by atoms with Crippen molar-refractivity contribution in [1.29, 1.82) is 0 Å². The van der Waals surface area contributed by atoms with Gasteiger partial charge in [0.05, 0.1) is 11.7 Å². The van der Waals surface area contributed by atoms with Crippen molar-refractivity contribution >= 4 is 11.4 Å². The molecule has 0 spiro atoms. The van der Waals surface area contributed by atoms with Crippen molar-refractivity contribution < 1.29 is 17.9 Å². The summed E-state index contributed by atoms with van der Waals surface area (Å²) in [4.78, 5) is 0.450. The summed E-state index contributed by atoms with van der Waals surface area (Å²) in [6.45, 7) is 1.72. The summed E-state index contributed by atoms with van der Waals surface area (Å²) in [6.07, 6.45) is -4.04. The molecule has 1 aromatic rings. The minimum Gasteiger partial charge on any atom is -0.489 e. The third kappa shape index (κ3) is 2.11. The zero-order valence-electron chi connectivity index (χ0n) is 9.29. The molecule has 6 heteroatoms. The van der Waals surface area contributed by atoms with E-state index in [1.165, 1.54) is 18.2 Å². The fourth-order valence-electron chi connectivity index (χ4n) is 1.95. The number of halogens is 3. The molecule has 1 unspecified atom stereocenters. The summed E-state index contributed by atoms with van der Waals surface area (Å²) in [7, 11) is 0. The summed E-state index contributed by atoms with van der Waals surface area (Å²) < 4.78 is 44.3. The Morgan fingerprint density at radius 2 is 2.18 bits per heavy atom. The zero-order chi connectivity index (χ0) is 12.6. The quantitative estimate of drug-likeness (QED) is 0.611. The standard InChI is InChI=1S/C11H13F3N2O/c1-2-8-6-17-10-5-7(15)3-4-9(10)16(8)11(12,13)14/h3-5,8H,2,6,15H2,1H3. The molecular weight excluding hydrogens is 233 g/mol. The Balaban J connectivity index is 2.47.